The van der Waals surface area contributed by atoms with Crippen LogP contribution in [0.1, 0.15) is 12.1 Å². The molecule has 0 bridgehead atoms. The van der Waals surface area contributed by atoms with Gasteiger partial charge in [0.15, 0.2) is 0 Å². The minimum Gasteiger partial charge on any atom is -0.258 e. The Bertz CT molecular complexity index is 390. The molecule has 1 rings (SSSR count). The van der Waals surface area contributed by atoms with Crippen molar-refractivity contribution in [1.82, 2.24) is 4.98 Å². The van der Waals surface area contributed by atoms with E-state index in [2.05, 4.69) is 4.98 Å². The van der Waals surface area contributed by atoms with Crippen molar-refractivity contribution in [3.05, 3.63) is 40.2 Å². The maximum Gasteiger partial charge on any atom is 0.287 e. The second kappa shape index (κ2) is 4.72. The number of pyridine rings is 1. The van der Waals surface area contributed by atoms with Crippen molar-refractivity contribution in [2.75, 3.05) is 0 Å². The molecule has 70 valence electrons. The molecule has 0 atom stereocenters. The van der Waals surface area contributed by atoms with Gasteiger partial charge >= 0.3 is 0 Å². The van der Waals surface area contributed by atoms with E-state index in [9.17, 15) is 10.1 Å². The lowest BCUT2D eigenvalue weighted by Gasteiger charge is -1.91. The van der Waals surface area contributed by atoms with Crippen LogP contribution in [0.4, 0.5) is 5.69 Å². The second-order valence-corrected chi connectivity index (χ2v) is 2.46. The zero-order chi connectivity index (χ0) is 10.4. The summed E-state index contributed by atoms with van der Waals surface area (Å²) in [6, 6.07) is 4.85. The Balaban J connectivity index is 2.74. The molecule has 1 aromatic heterocycles. The summed E-state index contributed by atoms with van der Waals surface area (Å²) in [5.74, 6) is 0. The van der Waals surface area contributed by atoms with Crippen LogP contribution in [0.25, 0.3) is 6.08 Å². The number of allylic oxidation sites excluding steroid dienone is 1. The van der Waals surface area contributed by atoms with Gasteiger partial charge in [-0.1, -0.05) is 6.08 Å². The zero-order valence-electron chi connectivity index (χ0n) is 7.25. The van der Waals surface area contributed by atoms with Crippen molar-refractivity contribution in [2.24, 2.45) is 0 Å². The third kappa shape index (κ3) is 2.68. The molecule has 0 N–H and O–H groups in total. The molecule has 0 unspecified atom stereocenters. The SMILES string of the molecule is N#CCC=Cc1ccc([N+](=O)[O-])cn1. The number of nitrogens with zero attached hydrogens (tertiary/aromatic N) is 3. The number of nitriles is 1. The first-order chi connectivity index (χ1) is 6.74. The molecule has 0 saturated carbocycles. The first-order valence-corrected chi connectivity index (χ1v) is 3.88. The lowest BCUT2D eigenvalue weighted by atomic mass is 10.3. The van der Waals surface area contributed by atoms with E-state index in [1.807, 2.05) is 6.07 Å². The van der Waals surface area contributed by atoms with E-state index in [1.54, 1.807) is 12.2 Å². The molecule has 1 heterocycles. The average Bonchev–Trinajstić information content (AvgIpc) is 2.19. The Hall–Kier alpha value is -2.22. The van der Waals surface area contributed by atoms with Crippen LogP contribution in [0.3, 0.4) is 0 Å². The van der Waals surface area contributed by atoms with Gasteiger partial charge in [-0.25, -0.2) is 4.98 Å². The molecule has 0 saturated heterocycles. The zero-order valence-corrected chi connectivity index (χ0v) is 7.25. The second-order valence-electron chi connectivity index (χ2n) is 2.46. The first-order valence-electron chi connectivity index (χ1n) is 3.88. The standard InChI is InChI=1S/C9H7N3O2/c10-6-2-1-3-8-4-5-9(7-11-8)12(13)14/h1,3-5,7H,2H2. The Morgan fingerprint density at radius 3 is 2.93 bits per heavy atom. The topological polar surface area (TPSA) is 79.8 Å². The highest BCUT2D eigenvalue weighted by atomic mass is 16.6. The molecule has 0 aliphatic heterocycles. The summed E-state index contributed by atoms with van der Waals surface area (Å²) in [5, 5.41) is 18.5. The smallest absolute Gasteiger partial charge is 0.258 e. The number of hydrogen-bond acceptors (Lipinski definition) is 4. The van der Waals surface area contributed by atoms with Crippen molar-refractivity contribution in [3.63, 3.8) is 0 Å². The van der Waals surface area contributed by atoms with E-state index in [-0.39, 0.29) is 5.69 Å². The van der Waals surface area contributed by atoms with Crippen molar-refractivity contribution < 1.29 is 4.92 Å². The fourth-order valence-corrected chi connectivity index (χ4v) is 0.836. The van der Waals surface area contributed by atoms with E-state index < -0.39 is 4.92 Å². The summed E-state index contributed by atoms with van der Waals surface area (Å²) >= 11 is 0. The summed E-state index contributed by atoms with van der Waals surface area (Å²) in [5.41, 5.74) is 0.563. The van der Waals surface area contributed by atoms with Crippen LogP contribution in [0, 0.1) is 21.4 Å². The first kappa shape index (κ1) is 9.86. The number of nitro groups is 1. The molecule has 1 aromatic rings. The Morgan fingerprint density at radius 2 is 2.43 bits per heavy atom. The summed E-state index contributed by atoms with van der Waals surface area (Å²) in [7, 11) is 0. The van der Waals surface area contributed by atoms with E-state index in [0.29, 0.717) is 12.1 Å². The third-order valence-corrected chi connectivity index (χ3v) is 1.48. The van der Waals surface area contributed by atoms with Crippen LogP contribution in [-0.4, -0.2) is 9.91 Å². The minimum absolute atomic E-state index is 0.0394. The average molecular weight is 189 g/mol. The van der Waals surface area contributed by atoms with Crippen LogP contribution in [0.2, 0.25) is 0 Å². The summed E-state index contributed by atoms with van der Waals surface area (Å²) < 4.78 is 0. The fourth-order valence-electron chi connectivity index (χ4n) is 0.836. The molecule has 0 aromatic carbocycles. The summed E-state index contributed by atoms with van der Waals surface area (Å²) in [6.45, 7) is 0. The number of aromatic nitrogens is 1. The van der Waals surface area contributed by atoms with Crippen LogP contribution >= 0.6 is 0 Å². The number of rotatable bonds is 3. The van der Waals surface area contributed by atoms with E-state index in [4.69, 9.17) is 5.26 Å². The predicted molar refractivity (Wildman–Crippen MR) is 50.2 cm³/mol. The van der Waals surface area contributed by atoms with Crippen molar-refractivity contribution in [2.45, 2.75) is 6.42 Å². The Labute approximate surface area is 80.5 Å². The molecular weight excluding hydrogens is 182 g/mol. The normalized spacial score (nSPS) is 9.93. The predicted octanol–water partition coefficient (Wildman–Crippen LogP) is 1.92. The van der Waals surface area contributed by atoms with Gasteiger partial charge in [0.1, 0.15) is 6.20 Å². The van der Waals surface area contributed by atoms with Crippen LogP contribution in [0.15, 0.2) is 24.4 Å². The summed E-state index contributed by atoms with van der Waals surface area (Å²) in [6.07, 6.45) is 4.78. The fraction of sp³-hybridized carbons (Fsp3) is 0.111. The monoisotopic (exact) mass is 189 g/mol. The number of hydrogen-bond donors (Lipinski definition) is 0. The lowest BCUT2D eigenvalue weighted by Crippen LogP contribution is -1.89. The van der Waals surface area contributed by atoms with Crippen LogP contribution in [-0.2, 0) is 0 Å². The van der Waals surface area contributed by atoms with Gasteiger partial charge in [-0.05, 0) is 12.1 Å². The maximum atomic E-state index is 10.3. The molecule has 14 heavy (non-hydrogen) atoms. The van der Waals surface area contributed by atoms with Crippen LogP contribution in [0.5, 0.6) is 0 Å². The van der Waals surface area contributed by atoms with Gasteiger partial charge in [0.25, 0.3) is 5.69 Å². The van der Waals surface area contributed by atoms with Crippen molar-refractivity contribution >= 4 is 11.8 Å². The van der Waals surface area contributed by atoms with Gasteiger partial charge in [0, 0.05) is 6.07 Å². The largest absolute Gasteiger partial charge is 0.287 e. The molecule has 0 radical (unpaired) electrons. The molecule has 0 fully saturated rings. The van der Waals surface area contributed by atoms with Crippen molar-refractivity contribution in [1.29, 1.82) is 5.26 Å². The van der Waals surface area contributed by atoms with Crippen LogP contribution < -0.4 is 0 Å². The van der Waals surface area contributed by atoms with Gasteiger partial charge in [0.05, 0.1) is 23.1 Å². The van der Waals surface area contributed by atoms with Gasteiger partial charge in [-0.2, -0.15) is 5.26 Å². The van der Waals surface area contributed by atoms with Gasteiger partial charge in [-0.3, -0.25) is 10.1 Å². The highest BCUT2D eigenvalue weighted by molar-refractivity contribution is 5.46. The minimum atomic E-state index is -0.504. The molecular formula is C9H7N3O2. The molecule has 0 amide bonds. The molecule has 0 aliphatic carbocycles. The molecule has 5 nitrogen and oxygen atoms in total. The molecule has 0 spiro atoms. The molecule has 5 heteroatoms. The van der Waals surface area contributed by atoms with E-state index >= 15 is 0 Å². The quantitative estimate of drug-likeness (QED) is 0.537. The van der Waals surface area contributed by atoms with Gasteiger partial charge < -0.3 is 0 Å². The lowest BCUT2D eigenvalue weighted by molar-refractivity contribution is -0.385. The maximum absolute atomic E-state index is 10.3. The van der Waals surface area contributed by atoms with E-state index in [0.717, 1.165) is 0 Å². The summed E-state index contributed by atoms with van der Waals surface area (Å²) in [4.78, 5) is 13.6. The van der Waals surface area contributed by atoms with Crippen molar-refractivity contribution in [3.8, 4) is 6.07 Å². The molecule has 0 aliphatic rings. The van der Waals surface area contributed by atoms with Gasteiger partial charge in [0.2, 0.25) is 0 Å². The van der Waals surface area contributed by atoms with E-state index in [1.165, 1.54) is 18.3 Å². The highest BCUT2D eigenvalue weighted by Crippen LogP contribution is 2.09. The highest BCUT2D eigenvalue weighted by Gasteiger charge is 2.02. The third-order valence-electron chi connectivity index (χ3n) is 1.48. The Kier molecular flexibility index (Phi) is 3.33. The Morgan fingerprint density at radius 1 is 1.64 bits per heavy atom. The van der Waals surface area contributed by atoms with Gasteiger partial charge in [-0.15, -0.1) is 0 Å².